The highest BCUT2D eigenvalue weighted by molar-refractivity contribution is 4.65. The van der Waals surface area contributed by atoms with Crippen LogP contribution in [0.15, 0.2) is 0 Å². The van der Waals surface area contributed by atoms with Crippen LogP contribution in [0.5, 0.6) is 0 Å². The SMILES string of the molecule is CCCCCCC(CCCC)CC(C)CCCCCCCCC(C)C. The summed E-state index contributed by atoms with van der Waals surface area (Å²) < 4.78 is 0. The Morgan fingerprint density at radius 3 is 1.56 bits per heavy atom. The van der Waals surface area contributed by atoms with Gasteiger partial charge in [0.25, 0.3) is 0 Å². The summed E-state index contributed by atoms with van der Waals surface area (Å²) >= 11 is 0. The van der Waals surface area contributed by atoms with Crippen LogP contribution >= 0.6 is 0 Å². The summed E-state index contributed by atoms with van der Waals surface area (Å²) in [6.07, 6.45) is 24.8. The minimum Gasteiger partial charge on any atom is -0.0654 e. The fraction of sp³-hybridized carbons (Fsp3) is 1.00. The largest absolute Gasteiger partial charge is 0.0654 e. The average Bonchev–Trinajstić information content (AvgIpc) is 2.58. The second-order valence-corrected chi connectivity index (χ2v) is 9.29. The number of hydrogen-bond donors (Lipinski definition) is 0. The van der Waals surface area contributed by atoms with Gasteiger partial charge in [-0.3, -0.25) is 0 Å². The van der Waals surface area contributed by atoms with Gasteiger partial charge >= 0.3 is 0 Å². The van der Waals surface area contributed by atoms with Gasteiger partial charge in [0, 0.05) is 0 Å². The van der Waals surface area contributed by atoms with Gasteiger partial charge in [-0.05, 0) is 24.2 Å². The van der Waals surface area contributed by atoms with Crippen molar-refractivity contribution < 1.29 is 0 Å². The van der Waals surface area contributed by atoms with Crippen LogP contribution in [-0.4, -0.2) is 0 Å². The molecule has 0 aliphatic heterocycles. The van der Waals surface area contributed by atoms with E-state index in [1.54, 1.807) is 0 Å². The number of hydrogen-bond acceptors (Lipinski definition) is 0. The third kappa shape index (κ3) is 18.6. The molecule has 152 valence electrons. The molecule has 0 aromatic rings. The zero-order valence-corrected chi connectivity index (χ0v) is 18.8. The van der Waals surface area contributed by atoms with Gasteiger partial charge in [-0.25, -0.2) is 0 Å². The quantitative estimate of drug-likeness (QED) is 0.203. The molecule has 0 bridgehead atoms. The van der Waals surface area contributed by atoms with Gasteiger partial charge in [-0.15, -0.1) is 0 Å². The second-order valence-electron chi connectivity index (χ2n) is 9.29. The van der Waals surface area contributed by atoms with Crippen LogP contribution in [-0.2, 0) is 0 Å². The summed E-state index contributed by atoms with van der Waals surface area (Å²) in [4.78, 5) is 0. The van der Waals surface area contributed by atoms with Crippen molar-refractivity contribution in [1.82, 2.24) is 0 Å². The molecule has 2 atom stereocenters. The molecule has 0 aliphatic rings. The lowest BCUT2D eigenvalue weighted by molar-refractivity contribution is 0.316. The first kappa shape index (κ1) is 25.0. The number of unbranched alkanes of at least 4 members (excludes halogenated alkanes) is 9. The van der Waals surface area contributed by atoms with Crippen LogP contribution in [0.4, 0.5) is 0 Å². The Labute approximate surface area is 161 Å². The van der Waals surface area contributed by atoms with Crippen molar-refractivity contribution in [3.63, 3.8) is 0 Å². The predicted molar refractivity (Wildman–Crippen MR) is 117 cm³/mol. The lowest BCUT2D eigenvalue weighted by atomic mass is 9.85. The Kier molecular flexibility index (Phi) is 18.8. The van der Waals surface area contributed by atoms with E-state index >= 15 is 0 Å². The maximum absolute atomic E-state index is 2.52. The third-order valence-corrected chi connectivity index (χ3v) is 5.90. The second kappa shape index (κ2) is 18.8. The molecule has 0 nitrogen and oxygen atoms in total. The van der Waals surface area contributed by atoms with Crippen molar-refractivity contribution >= 4 is 0 Å². The molecule has 0 rings (SSSR count). The fourth-order valence-corrected chi connectivity index (χ4v) is 4.17. The van der Waals surface area contributed by atoms with Crippen LogP contribution in [0.1, 0.15) is 144 Å². The van der Waals surface area contributed by atoms with Crippen LogP contribution < -0.4 is 0 Å². The third-order valence-electron chi connectivity index (χ3n) is 5.90. The van der Waals surface area contributed by atoms with Gasteiger partial charge in [0.05, 0.1) is 0 Å². The van der Waals surface area contributed by atoms with E-state index in [0.717, 1.165) is 17.8 Å². The molecule has 0 heterocycles. The molecule has 0 N–H and O–H groups in total. The molecule has 0 amide bonds. The summed E-state index contributed by atoms with van der Waals surface area (Å²) in [6, 6.07) is 0. The fourth-order valence-electron chi connectivity index (χ4n) is 4.17. The summed E-state index contributed by atoms with van der Waals surface area (Å²) in [5.41, 5.74) is 0. The summed E-state index contributed by atoms with van der Waals surface area (Å²) in [5.74, 6) is 2.86. The van der Waals surface area contributed by atoms with E-state index in [2.05, 4.69) is 34.6 Å². The normalized spacial score (nSPS) is 14.2. The first-order valence-corrected chi connectivity index (χ1v) is 12.1. The molecule has 0 spiro atoms. The average molecular weight is 353 g/mol. The minimum absolute atomic E-state index is 0.892. The van der Waals surface area contributed by atoms with Crippen molar-refractivity contribution in [2.24, 2.45) is 17.8 Å². The zero-order chi connectivity index (χ0) is 18.8. The van der Waals surface area contributed by atoms with Crippen molar-refractivity contribution in [3.8, 4) is 0 Å². The molecular weight excluding hydrogens is 300 g/mol. The van der Waals surface area contributed by atoms with Crippen molar-refractivity contribution in [3.05, 3.63) is 0 Å². The highest BCUT2D eigenvalue weighted by Gasteiger charge is 2.13. The summed E-state index contributed by atoms with van der Waals surface area (Å²) in [7, 11) is 0. The highest BCUT2D eigenvalue weighted by Crippen LogP contribution is 2.27. The van der Waals surface area contributed by atoms with Crippen molar-refractivity contribution in [2.45, 2.75) is 144 Å². The van der Waals surface area contributed by atoms with Crippen LogP contribution in [0, 0.1) is 17.8 Å². The Morgan fingerprint density at radius 2 is 0.960 bits per heavy atom. The molecule has 0 saturated carbocycles. The summed E-state index contributed by atoms with van der Waals surface area (Å²) in [5, 5.41) is 0. The van der Waals surface area contributed by atoms with Crippen LogP contribution in [0.25, 0.3) is 0 Å². The van der Waals surface area contributed by atoms with E-state index in [4.69, 9.17) is 0 Å². The lowest BCUT2D eigenvalue weighted by Crippen LogP contribution is -2.07. The molecule has 2 unspecified atom stereocenters. The maximum Gasteiger partial charge on any atom is -0.0412 e. The highest BCUT2D eigenvalue weighted by atomic mass is 14.2. The maximum atomic E-state index is 2.52. The molecule has 0 aliphatic carbocycles. The zero-order valence-electron chi connectivity index (χ0n) is 18.8. The smallest absolute Gasteiger partial charge is 0.0412 e. The molecule has 25 heavy (non-hydrogen) atoms. The minimum atomic E-state index is 0.892. The molecule has 0 radical (unpaired) electrons. The van der Waals surface area contributed by atoms with Gasteiger partial charge in [-0.1, -0.05) is 137 Å². The van der Waals surface area contributed by atoms with Crippen LogP contribution in [0.2, 0.25) is 0 Å². The van der Waals surface area contributed by atoms with Gasteiger partial charge in [0.2, 0.25) is 0 Å². The van der Waals surface area contributed by atoms with E-state index in [0.29, 0.717) is 0 Å². The van der Waals surface area contributed by atoms with E-state index < -0.39 is 0 Å². The summed E-state index contributed by atoms with van der Waals surface area (Å²) in [6.45, 7) is 11.9. The molecular formula is C25H52. The Hall–Kier alpha value is 0. The Bertz CT molecular complexity index is 242. The van der Waals surface area contributed by atoms with Crippen molar-refractivity contribution in [2.75, 3.05) is 0 Å². The van der Waals surface area contributed by atoms with Gasteiger partial charge in [0.15, 0.2) is 0 Å². The number of rotatable bonds is 19. The first-order valence-electron chi connectivity index (χ1n) is 12.1. The topological polar surface area (TPSA) is 0 Å². The van der Waals surface area contributed by atoms with E-state index in [1.807, 2.05) is 0 Å². The van der Waals surface area contributed by atoms with E-state index in [1.165, 1.54) is 109 Å². The van der Waals surface area contributed by atoms with Crippen LogP contribution in [0.3, 0.4) is 0 Å². The molecule has 0 fully saturated rings. The van der Waals surface area contributed by atoms with E-state index in [9.17, 15) is 0 Å². The predicted octanol–water partition coefficient (Wildman–Crippen LogP) is 9.57. The first-order chi connectivity index (χ1) is 12.1. The van der Waals surface area contributed by atoms with Crippen molar-refractivity contribution in [1.29, 1.82) is 0 Å². The molecule has 0 saturated heterocycles. The standard InChI is InChI=1S/C25H52/c1-6-8-10-17-21-25(20-9-7-2)22-24(5)19-16-14-12-11-13-15-18-23(3)4/h23-25H,6-22H2,1-5H3. The lowest BCUT2D eigenvalue weighted by Gasteiger charge is -2.21. The van der Waals surface area contributed by atoms with Gasteiger partial charge in [0.1, 0.15) is 0 Å². The van der Waals surface area contributed by atoms with E-state index in [-0.39, 0.29) is 0 Å². The Balaban J connectivity index is 3.69. The molecule has 0 aromatic carbocycles. The Morgan fingerprint density at radius 1 is 0.480 bits per heavy atom. The monoisotopic (exact) mass is 352 g/mol. The van der Waals surface area contributed by atoms with Gasteiger partial charge < -0.3 is 0 Å². The van der Waals surface area contributed by atoms with Gasteiger partial charge in [-0.2, -0.15) is 0 Å². The molecule has 0 aromatic heterocycles. The molecule has 0 heteroatoms.